The van der Waals surface area contributed by atoms with Crippen molar-refractivity contribution in [1.82, 2.24) is 24.0 Å². The molecule has 0 aliphatic carbocycles. The number of rotatable bonds is 5. The Morgan fingerprint density at radius 2 is 1.41 bits per heavy atom. The summed E-state index contributed by atoms with van der Waals surface area (Å²) in [4.78, 5) is 29.7. The summed E-state index contributed by atoms with van der Waals surface area (Å²) < 4.78 is 2.70. The van der Waals surface area contributed by atoms with E-state index in [0.29, 0.717) is 18.7 Å². The second kappa shape index (κ2) is 8.80. The number of carbonyl (C=O) groups is 1. The molecule has 32 heavy (non-hydrogen) atoms. The van der Waals surface area contributed by atoms with E-state index < -0.39 is 0 Å². The number of hydrogen-bond acceptors (Lipinski definition) is 4. The van der Waals surface area contributed by atoms with Gasteiger partial charge >= 0.3 is 5.69 Å². The van der Waals surface area contributed by atoms with Crippen LogP contribution in [0, 0.1) is 0 Å². The fourth-order valence-electron chi connectivity index (χ4n) is 4.41. The van der Waals surface area contributed by atoms with Crippen LogP contribution >= 0.6 is 0 Å². The highest BCUT2D eigenvalue weighted by Crippen LogP contribution is 2.29. The van der Waals surface area contributed by atoms with Gasteiger partial charge in [0.05, 0.1) is 6.04 Å². The maximum absolute atomic E-state index is 12.9. The van der Waals surface area contributed by atoms with Crippen LogP contribution in [0.15, 0.2) is 89.9 Å². The highest BCUT2D eigenvalue weighted by Gasteiger charge is 2.28. The Bertz CT molecular complexity index is 1220. The van der Waals surface area contributed by atoms with E-state index in [2.05, 4.69) is 58.5 Å². The van der Waals surface area contributed by atoms with E-state index in [-0.39, 0.29) is 24.2 Å². The standard InChI is InChI=1S/C25H25N5O2/c31-23(19-30-25(32)29-14-8-7-13-22(29)26-30)27-15-17-28(18-16-27)24(20-9-3-1-4-10-20)21-11-5-2-6-12-21/h1-14,24H,15-19H2. The lowest BCUT2D eigenvalue weighted by Gasteiger charge is -2.39. The Hall–Kier alpha value is -3.71. The number of nitrogens with zero attached hydrogens (tertiary/aromatic N) is 5. The Morgan fingerprint density at radius 3 is 2.00 bits per heavy atom. The molecule has 0 saturated carbocycles. The minimum Gasteiger partial charge on any atom is -0.339 e. The van der Waals surface area contributed by atoms with Gasteiger partial charge in [-0.2, -0.15) is 0 Å². The van der Waals surface area contributed by atoms with Crippen LogP contribution in [-0.2, 0) is 11.3 Å². The van der Waals surface area contributed by atoms with Crippen molar-refractivity contribution in [2.75, 3.05) is 26.2 Å². The molecule has 0 radical (unpaired) electrons. The molecule has 2 aromatic carbocycles. The van der Waals surface area contributed by atoms with Crippen molar-refractivity contribution in [3.63, 3.8) is 0 Å². The van der Waals surface area contributed by atoms with Crippen LogP contribution in [0.1, 0.15) is 17.2 Å². The van der Waals surface area contributed by atoms with E-state index in [4.69, 9.17) is 0 Å². The van der Waals surface area contributed by atoms with Crippen molar-refractivity contribution < 1.29 is 4.79 Å². The number of pyridine rings is 1. The minimum atomic E-state index is -0.291. The molecule has 1 amide bonds. The highest BCUT2D eigenvalue weighted by atomic mass is 16.2. The second-order valence-corrected chi connectivity index (χ2v) is 8.01. The molecule has 7 nitrogen and oxygen atoms in total. The summed E-state index contributed by atoms with van der Waals surface area (Å²) in [7, 11) is 0. The van der Waals surface area contributed by atoms with Gasteiger partial charge in [-0.3, -0.25) is 14.1 Å². The number of hydrogen-bond donors (Lipinski definition) is 0. The smallest absolute Gasteiger partial charge is 0.339 e. The zero-order valence-electron chi connectivity index (χ0n) is 17.7. The summed E-state index contributed by atoms with van der Waals surface area (Å²) in [6, 6.07) is 26.5. The van der Waals surface area contributed by atoms with Crippen LogP contribution < -0.4 is 5.69 Å². The summed E-state index contributed by atoms with van der Waals surface area (Å²) in [6.07, 6.45) is 1.66. The van der Waals surface area contributed by atoms with E-state index in [9.17, 15) is 9.59 Å². The molecular weight excluding hydrogens is 402 g/mol. The van der Waals surface area contributed by atoms with Gasteiger partial charge in [-0.05, 0) is 23.3 Å². The normalized spacial score (nSPS) is 14.8. The third-order valence-electron chi connectivity index (χ3n) is 6.04. The number of piperazine rings is 1. The molecular formula is C25H25N5O2. The molecule has 4 aromatic rings. The monoisotopic (exact) mass is 427 g/mol. The topological polar surface area (TPSA) is 62.9 Å². The molecule has 3 heterocycles. The molecule has 162 valence electrons. The van der Waals surface area contributed by atoms with E-state index >= 15 is 0 Å². The molecule has 0 bridgehead atoms. The first-order valence-electron chi connectivity index (χ1n) is 10.9. The van der Waals surface area contributed by atoms with Gasteiger partial charge in [-0.1, -0.05) is 66.7 Å². The summed E-state index contributed by atoms with van der Waals surface area (Å²) in [5.41, 5.74) is 2.74. The predicted octanol–water partition coefficient (Wildman–Crippen LogP) is 2.43. The average molecular weight is 428 g/mol. The van der Waals surface area contributed by atoms with Gasteiger partial charge in [-0.25, -0.2) is 9.48 Å². The van der Waals surface area contributed by atoms with Crippen molar-refractivity contribution in [2.24, 2.45) is 0 Å². The summed E-state index contributed by atoms with van der Waals surface area (Å²) in [5, 5.41) is 4.28. The van der Waals surface area contributed by atoms with Gasteiger partial charge < -0.3 is 4.90 Å². The molecule has 0 N–H and O–H groups in total. The minimum absolute atomic E-state index is 0.0404. The lowest BCUT2D eigenvalue weighted by Crippen LogP contribution is -2.51. The fourth-order valence-corrected chi connectivity index (χ4v) is 4.41. The molecule has 1 aliphatic rings. The van der Waals surface area contributed by atoms with E-state index in [1.165, 1.54) is 20.2 Å². The zero-order valence-corrected chi connectivity index (χ0v) is 17.7. The number of fused-ring (bicyclic) bond motifs is 1. The summed E-state index contributed by atoms with van der Waals surface area (Å²) >= 11 is 0. The Labute approximate surface area is 186 Å². The van der Waals surface area contributed by atoms with Crippen molar-refractivity contribution in [2.45, 2.75) is 12.6 Å². The third-order valence-corrected chi connectivity index (χ3v) is 6.04. The average Bonchev–Trinajstić information content (AvgIpc) is 3.16. The molecule has 5 rings (SSSR count). The molecule has 0 unspecified atom stereocenters. The molecule has 1 saturated heterocycles. The molecule has 0 atom stereocenters. The zero-order chi connectivity index (χ0) is 21.9. The Kier molecular flexibility index (Phi) is 5.56. The maximum atomic E-state index is 12.9. The first-order chi connectivity index (χ1) is 15.7. The summed E-state index contributed by atoms with van der Waals surface area (Å²) in [6.45, 7) is 2.73. The Balaban J connectivity index is 1.29. The Morgan fingerprint density at radius 1 is 0.812 bits per heavy atom. The van der Waals surface area contributed by atoms with Crippen LogP contribution in [0.5, 0.6) is 0 Å². The van der Waals surface area contributed by atoms with Gasteiger partial charge in [0.2, 0.25) is 5.91 Å². The SMILES string of the molecule is O=C(Cn1nc2ccccn2c1=O)N1CCN(C(c2ccccc2)c2ccccc2)CC1. The number of amides is 1. The van der Waals surface area contributed by atoms with Crippen LogP contribution in [-0.4, -0.2) is 56.1 Å². The van der Waals surface area contributed by atoms with Gasteiger partial charge in [0.25, 0.3) is 0 Å². The van der Waals surface area contributed by atoms with Crippen molar-refractivity contribution in [1.29, 1.82) is 0 Å². The van der Waals surface area contributed by atoms with Crippen LogP contribution in [0.2, 0.25) is 0 Å². The van der Waals surface area contributed by atoms with Crippen LogP contribution in [0.4, 0.5) is 0 Å². The fraction of sp³-hybridized carbons (Fsp3) is 0.240. The van der Waals surface area contributed by atoms with Crippen molar-refractivity contribution in [3.05, 3.63) is 107 Å². The van der Waals surface area contributed by atoms with E-state index in [1.54, 1.807) is 18.3 Å². The maximum Gasteiger partial charge on any atom is 0.350 e. The first kappa shape index (κ1) is 20.2. The number of benzene rings is 2. The van der Waals surface area contributed by atoms with Gasteiger partial charge in [0, 0.05) is 32.4 Å². The highest BCUT2D eigenvalue weighted by molar-refractivity contribution is 5.76. The predicted molar refractivity (Wildman–Crippen MR) is 122 cm³/mol. The lowest BCUT2D eigenvalue weighted by molar-refractivity contribution is -0.134. The largest absolute Gasteiger partial charge is 0.350 e. The van der Waals surface area contributed by atoms with E-state index in [0.717, 1.165) is 13.1 Å². The van der Waals surface area contributed by atoms with Crippen molar-refractivity contribution in [3.8, 4) is 0 Å². The van der Waals surface area contributed by atoms with Gasteiger partial charge in [0.15, 0.2) is 5.65 Å². The molecule has 1 fully saturated rings. The van der Waals surface area contributed by atoms with Crippen LogP contribution in [0.3, 0.4) is 0 Å². The van der Waals surface area contributed by atoms with Crippen molar-refractivity contribution >= 4 is 11.6 Å². The molecule has 7 heteroatoms. The van der Waals surface area contributed by atoms with E-state index in [1.807, 2.05) is 23.1 Å². The second-order valence-electron chi connectivity index (χ2n) is 8.01. The quantitative estimate of drug-likeness (QED) is 0.491. The molecule has 2 aromatic heterocycles. The summed E-state index contributed by atoms with van der Waals surface area (Å²) in [5.74, 6) is -0.0777. The molecule has 0 spiro atoms. The number of aromatic nitrogens is 3. The third kappa shape index (κ3) is 3.94. The number of carbonyl (C=O) groups excluding carboxylic acids is 1. The van der Waals surface area contributed by atoms with Gasteiger partial charge in [0.1, 0.15) is 6.54 Å². The lowest BCUT2D eigenvalue weighted by atomic mass is 9.96. The molecule has 1 aliphatic heterocycles. The van der Waals surface area contributed by atoms with Crippen LogP contribution in [0.25, 0.3) is 5.65 Å². The first-order valence-corrected chi connectivity index (χ1v) is 10.9. The van der Waals surface area contributed by atoms with Gasteiger partial charge in [-0.15, -0.1) is 5.10 Å².